The third-order valence-corrected chi connectivity index (χ3v) is 5.22. The Hall–Kier alpha value is -1.46. The van der Waals surface area contributed by atoms with Crippen molar-refractivity contribution >= 4 is 35.0 Å². The highest BCUT2D eigenvalue weighted by molar-refractivity contribution is 6.42. The fourth-order valence-corrected chi connectivity index (χ4v) is 3.68. The Balaban J connectivity index is 1.66. The fourth-order valence-electron chi connectivity index (χ4n) is 3.38. The van der Waals surface area contributed by atoms with Gasteiger partial charge < -0.3 is 14.8 Å². The van der Waals surface area contributed by atoms with Gasteiger partial charge in [0.25, 0.3) is 0 Å². The summed E-state index contributed by atoms with van der Waals surface area (Å²) in [6, 6.07) is 5.19. The van der Waals surface area contributed by atoms with Crippen LogP contribution < -0.4 is 0 Å². The molecule has 1 amide bonds. The molecule has 24 heavy (non-hydrogen) atoms. The molecule has 1 saturated carbocycles. The molecule has 0 radical (unpaired) electrons. The van der Waals surface area contributed by atoms with Crippen molar-refractivity contribution in [2.45, 2.75) is 26.4 Å². The average molecular weight is 371 g/mol. The number of hydrogen-bond donors (Lipinski definition) is 1. The van der Waals surface area contributed by atoms with Crippen molar-refractivity contribution in [2.75, 3.05) is 13.1 Å². The van der Waals surface area contributed by atoms with Crippen LogP contribution in [0.5, 0.6) is 0 Å². The number of nitrogens with zero attached hydrogens (tertiary/aromatic N) is 2. The number of halogens is 2. The Morgan fingerprint density at radius 1 is 1.25 bits per heavy atom. The first-order valence-electron chi connectivity index (χ1n) is 7.86. The second-order valence-corrected chi connectivity index (χ2v) is 8.17. The van der Waals surface area contributed by atoms with Crippen LogP contribution >= 0.6 is 23.2 Å². The predicted octanol–water partition coefficient (Wildman–Crippen LogP) is 4.28. The molecular weight excluding hydrogens is 351 g/mol. The summed E-state index contributed by atoms with van der Waals surface area (Å²) >= 11 is 12.0. The van der Waals surface area contributed by atoms with Crippen molar-refractivity contribution in [1.82, 2.24) is 4.90 Å². The summed E-state index contributed by atoms with van der Waals surface area (Å²) in [4.78, 5) is 13.8. The molecule has 3 rings (SSSR count). The number of fused-ring (bicyclic) bond motifs is 1. The Labute approximate surface area is 151 Å². The zero-order chi connectivity index (χ0) is 17.6. The van der Waals surface area contributed by atoms with Gasteiger partial charge in [0.15, 0.2) is 0 Å². The minimum absolute atomic E-state index is 0.130. The Morgan fingerprint density at radius 2 is 1.88 bits per heavy atom. The van der Waals surface area contributed by atoms with E-state index in [-0.39, 0.29) is 23.8 Å². The maximum absolute atomic E-state index is 12.1. The van der Waals surface area contributed by atoms with Crippen molar-refractivity contribution < 1.29 is 14.7 Å². The molecule has 0 bridgehead atoms. The van der Waals surface area contributed by atoms with Crippen LogP contribution in [0.2, 0.25) is 10.0 Å². The number of piperidine rings is 1. The maximum Gasteiger partial charge on any atom is 0.410 e. The zero-order valence-corrected chi connectivity index (χ0v) is 15.3. The summed E-state index contributed by atoms with van der Waals surface area (Å²) in [6.45, 7) is 6.79. The van der Waals surface area contributed by atoms with E-state index in [2.05, 4.69) is 5.16 Å². The highest BCUT2D eigenvalue weighted by Crippen LogP contribution is 2.53. The molecule has 2 fully saturated rings. The molecule has 1 heterocycles. The molecule has 1 aliphatic carbocycles. The second-order valence-electron chi connectivity index (χ2n) is 7.35. The molecule has 130 valence electrons. The molecular formula is C17H20Cl2N2O3. The quantitative estimate of drug-likeness (QED) is 0.479. The number of benzene rings is 1. The summed E-state index contributed by atoms with van der Waals surface area (Å²) in [5, 5.41) is 13.8. The number of likely N-dealkylation sites (tertiary alicyclic amines) is 1. The van der Waals surface area contributed by atoms with E-state index in [1.165, 1.54) is 0 Å². The number of hydrogen-bond acceptors (Lipinski definition) is 4. The largest absolute Gasteiger partial charge is 0.444 e. The van der Waals surface area contributed by atoms with Gasteiger partial charge >= 0.3 is 6.09 Å². The van der Waals surface area contributed by atoms with Crippen LogP contribution in [0.15, 0.2) is 23.4 Å². The molecule has 1 aromatic rings. The van der Waals surface area contributed by atoms with E-state index in [1.54, 1.807) is 23.1 Å². The molecule has 1 N–H and O–H groups in total. The van der Waals surface area contributed by atoms with Gasteiger partial charge in [0.2, 0.25) is 0 Å². The lowest BCUT2D eigenvalue weighted by Crippen LogP contribution is -2.37. The lowest BCUT2D eigenvalue weighted by molar-refractivity contribution is 0.0270. The van der Waals surface area contributed by atoms with Crippen molar-refractivity contribution in [3.8, 4) is 0 Å². The number of carbonyl (C=O) groups is 1. The number of amides is 1. The van der Waals surface area contributed by atoms with Crippen LogP contribution in [0.25, 0.3) is 0 Å². The normalized spacial score (nSPS) is 26.3. The Morgan fingerprint density at radius 3 is 2.38 bits per heavy atom. The maximum atomic E-state index is 12.1. The second kappa shape index (κ2) is 6.12. The molecule has 1 aromatic carbocycles. The topological polar surface area (TPSA) is 62.1 Å². The lowest BCUT2D eigenvalue weighted by Gasteiger charge is -2.26. The lowest BCUT2D eigenvalue weighted by atomic mass is 10.0. The van der Waals surface area contributed by atoms with Gasteiger partial charge in [-0.3, -0.25) is 0 Å². The van der Waals surface area contributed by atoms with Gasteiger partial charge in [-0.25, -0.2) is 4.79 Å². The predicted molar refractivity (Wildman–Crippen MR) is 93.1 cm³/mol. The van der Waals surface area contributed by atoms with Crippen molar-refractivity contribution in [3.63, 3.8) is 0 Å². The first-order chi connectivity index (χ1) is 11.2. The van der Waals surface area contributed by atoms with Crippen LogP contribution in [0.4, 0.5) is 4.79 Å². The van der Waals surface area contributed by atoms with Gasteiger partial charge in [-0.1, -0.05) is 34.4 Å². The molecule has 2 atom stereocenters. The molecule has 1 aliphatic heterocycles. The molecule has 1 saturated heterocycles. The standard InChI is InChI=1S/C17H20Cl2N2O3/c1-17(2,3)24-16(22)21-7-10-11(8-21)14(10)15(20-23)9-4-5-12(18)13(19)6-9/h4-6,10-11,14,23H,7-8H2,1-3H3/b20-15-. The van der Waals surface area contributed by atoms with Gasteiger partial charge in [-0.05, 0) is 44.7 Å². The molecule has 7 heteroatoms. The summed E-state index contributed by atoms with van der Waals surface area (Å²) in [6.07, 6.45) is -0.287. The van der Waals surface area contributed by atoms with E-state index in [4.69, 9.17) is 27.9 Å². The van der Waals surface area contributed by atoms with Crippen molar-refractivity contribution in [2.24, 2.45) is 22.9 Å². The van der Waals surface area contributed by atoms with Crippen LogP contribution in [0, 0.1) is 17.8 Å². The molecule has 5 nitrogen and oxygen atoms in total. The van der Waals surface area contributed by atoms with Gasteiger partial charge in [-0.2, -0.15) is 0 Å². The van der Waals surface area contributed by atoms with Crippen LogP contribution in [-0.4, -0.2) is 40.6 Å². The number of oxime groups is 1. The van der Waals surface area contributed by atoms with Gasteiger partial charge in [0.05, 0.1) is 15.8 Å². The zero-order valence-electron chi connectivity index (χ0n) is 13.8. The monoisotopic (exact) mass is 370 g/mol. The molecule has 2 unspecified atom stereocenters. The molecule has 0 spiro atoms. The smallest absolute Gasteiger partial charge is 0.410 e. The minimum atomic E-state index is -0.499. The third kappa shape index (κ3) is 3.33. The summed E-state index contributed by atoms with van der Waals surface area (Å²) in [7, 11) is 0. The van der Waals surface area contributed by atoms with E-state index in [9.17, 15) is 10.0 Å². The highest BCUT2D eigenvalue weighted by atomic mass is 35.5. The number of ether oxygens (including phenoxy) is 1. The number of carbonyl (C=O) groups excluding carboxylic acids is 1. The van der Waals surface area contributed by atoms with E-state index in [0.717, 1.165) is 5.56 Å². The van der Waals surface area contributed by atoms with E-state index >= 15 is 0 Å². The van der Waals surface area contributed by atoms with Crippen molar-refractivity contribution in [3.05, 3.63) is 33.8 Å². The van der Waals surface area contributed by atoms with E-state index in [0.29, 0.717) is 28.8 Å². The first kappa shape index (κ1) is 17.4. The summed E-state index contributed by atoms with van der Waals surface area (Å²) in [5.74, 6) is 0.710. The van der Waals surface area contributed by atoms with Gasteiger partial charge in [-0.15, -0.1) is 0 Å². The number of rotatable bonds is 2. The SMILES string of the molecule is CC(C)(C)OC(=O)N1CC2C(C1)C2/C(=N\O)c1ccc(Cl)c(Cl)c1. The van der Waals surface area contributed by atoms with E-state index in [1.807, 2.05) is 20.8 Å². The Kier molecular flexibility index (Phi) is 4.43. The molecule has 2 aliphatic rings. The first-order valence-corrected chi connectivity index (χ1v) is 8.62. The van der Waals surface area contributed by atoms with Crippen LogP contribution in [0.1, 0.15) is 26.3 Å². The van der Waals surface area contributed by atoms with Crippen molar-refractivity contribution in [1.29, 1.82) is 0 Å². The van der Waals surface area contributed by atoms with Gasteiger partial charge in [0.1, 0.15) is 5.60 Å². The Bertz CT molecular complexity index is 688. The minimum Gasteiger partial charge on any atom is -0.444 e. The van der Waals surface area contributed by atoms with Crippen LogP contribution in [-0.2, 0) is 4.74 Å². The third-order valence-electron chi connectivity index (χ3n) is 4.48. The fraction of sp³-hybridized carbons (Fsp3) is 0.529. The van der Waals surface area contributed by atoms with Gasteiger partial charge in [0, 0.05) is 24.6 Å². The molecule has 0 aromatic heterocycles. The summed E-state index contributed by atoms with van der Waals surface area (Å²) in [5.41, 5.74) is 0.864. The summed E-state index contributed by atoms with van der Waals surface area (Å²) < 4.78 is 5.40. The van der Waals surface area contributed by atoms with E-state index < -0.39 is 5.60 Å². The highest BCUT2D eigenvalue weighted by Gasteiger charge is 2.59. The van der Waals surface area contributed by atoms with Crippen LogP contribution in [0.3, 0.4) is 0 Å². The average Bonchev–Trinajstić information content (AvgIpc) is 2.94.